The number of Topliss-reactive ketones (excluding diaryl/α,β-unsaturated/α-hetero) is 1. The van der Waals surface area contributed by atoms with E-state index in [9.17, 15) is 28.8 Å². The minimum Gasteiger partial charge on any atom is -0.461 e. The summed E-state index contributed by atoms with van der Waals surface area (Å²) in [4.78, 5) is 79.9. The molecule has 1 aliphatic carbocycles. The van der Waals surface area contributed by atoms with Gasteiger partial charge < -0.3 is 31.3 Å². The number of carbonyl (C=O) groups excluding carboxylic acids is 6. The van der Waals surface area contributed by atoms with Crippen molar-refractivity contribution >= 4 is 35.5 Å². The SMILES string of the molecule is CC(C)C[C@@H](C(=O)NC(CC1CCC1)C(=O)C(N)=O)N1CCCCCC[C@H](NC(=O)N[C@H](C(=O)OC(C)C)C(C)(C)C)C1=O. The maximum atomic E-state index is 14.1. The summed E-state index contributed by atoms with van der Waals surface area (Å²) in [5, 5.41) is 8.24. The van der Waals surface area contributed by atoms with Crippen LogP contribution in [0.5, 0.6) is 0 Å². The molecule has 1 heterocycles. The second kappa shape index (κ2) is 16.8. The van der Waals surface area contributed by atoms with Gasteiger partial charge in [0.05, 0.1) is 12.1 Å². The second-order valence-electron chi connectivity index (χ2n) is 14.2. The lowest BCUT2D eigenvalue weighted by molar-refractivity contribution is -0.152. The van der Waals surface area contributed by atoms with E-state index in [0.29, 0.717) is 38.6 Å². The van der Waals surface area contributed by atoms with Gasteiger partial charge in [-0.05, 0) is 56.8 Å². The lowest BCUT2D eigenvalue weighted by atomic mass is 9.80. The van der Waals surface area contributed by atoms with Crippen LogP contribution in [-0.2, 0) is 28.7 Å². The predicted molar refractivity (Wildman–Crippen MR) is 166 cm³/mol. The Morgan fingerprint density at radius 2 is 1.57 bits per heavy atom. The van der Waals surface area contributed by atoms with E-state index in [0.717, 1.165) is 32.1 Å². The standard InChI is InChI=1S/C32H55N5O7/c1-19(2)17-24(28(40)34-23(25(38)27(33)39)18-21-13-12-14-21)37-16-11-9-8-10-15-22(29(37)41)35-31(43)36-26(32(5,6)7)30(42)44-20(3)4/h19-24,26H,8-18H2,1-7H3,(H2,33,39)(H,34,40)(H2,35,36,43)/t22-,23?,24-,26+/m0/s1. The van der Waals surface area contributed by atoms with Gasteiger partial charge in [0.25, 0.3) is 5.91 Å². The molecule has 2 aliphatic rings. The van der Waals surface area contributed by atoms with Crippen molar-refractivity contribution in [2.24, 2.45) is 23.0 Å². The molecule has 2 fully saturated rings. The average molecular weight is 622 g/mol. The Labute approximate surface area is 262 Å². The molecule has 250 valence electrons. The molecular weight excluding hydrogens is 566 g/mol. The van der Waals surface area contributed by atoms with Crippen LogP contribution in [0.4, 0.5) is 4.79 Å². The Balaban J connectivity index is 2.31. The molecule has 5 amide bonds. The molecule has 0 aromatic rings. The van der Waals surface area contributed by atoms with Gasteiger partial charge in [-0.1, -0.05) is 73.1 Å². The first-order valence-corrected chi connectivity index (χ1v) is 16.2. The van der Waals surface area contributed by atoms with Crippen molar-refractivity contribution in [1.82, 2.24) is 20.9 Å². The van der Waals surface area contributed by atoms with Crippen molar-refractivity contribution in [1.29, 1.82) is 0 Å². The second-order valence-corrected chi connectivity index (χ2v) is 14.2. The molecule has 12 nitrogen and oxygen atoms in total. The third kappa shape index (κ3) is 11.4. The maximum Gasteiger partial charge on any atom is 0.329 e. The quantitative estimate of drug-likeness (QED) is 0.180. The van der Waals surface area contributed by atoms with Crippen LogP contribution in [0.2, 0.25) is 0 Å². The Morgan fingerprint density at radius 3 is 2.09 bits per heavy atom. The van der Waals surface area contributed by atoms with E-state index >= 15 is 0 Å². The number of ether oxygens (including phenoxy) is 1. The van der Waals surface area contributed by atoms with Gasteiger partial charge in [-0.15, -0.1) is 0 Å². The molecule has 1 unspecified atom stereocenters. The van der Waals surface area contributed by atoms with E-state index in [-0.39, 0.29) is 17.9 Å². The highest BCUT2D eigenvalue weighted by Crippen LogP contribution is 2.31. The molecule has 44 heavy (non-hydrogen) atoms. The summed E-state index contributed by atoms with van der Waals surface area (Å²) in [5.41, 5.74) is 4.66. The number of urea groups is 1. The number of nitrogens with one attached hydrogen (secondary N) is 3. The Hall–Kier alpha value is -3.18. The van der Waals surface area contributed by atoms with Gasteiger partial charge >= 0.3 is 12.0 Å². The van der Waals surface area contributed by atoms with Gasteiger partial charge in [-0.25, -0.2) is 9.59 Å². The predicted octanol–water partition coefficient (Wildman–Crippen LogP) is 2.96. The monoisotopic (exact) mass is 621 g/mol. The van der Waals surface area contributed by atoms with Crippen LogP contribution in [0, 0.1) is 17.3 Å². The van der Waals surface area contributed by atoms with Crippen molar-refractivity contribution in [3.05, 3.63) is 0 Å². The molecule has 2 rings (SSSR count). The molecular formula is C32H55N5O7. The molecule has 0 aromatic heterocycles. The summed E-state index contributed by atoms with van der Waals surface area (Å²) in [6.07, 6.45) is 6.58. The molecule has 1 saturated heterocycles. The minimum atomic E-state index is -1.10. The molecule has 0 aromatic carbocycles. The first kappa shape index (κ1) is 37.0. The summed E-state index contributed by atoms with van der Waals surface area (Å²) in [7, 11) is 0. The van der Waals surface area contributed by atoms with Crippen molar-refractivity contribution < 1.29 is 33.5 Å². The zero-order chi connectivity index (χ0) is 33.2. The maximum absolute atomic E-state index is 14.1. The molecule has 0 radical (unpaired) electrons. The van der Waals surface area contributed by atoms with Crippen LogP contribution in [0.15, 0.2) is 0 Å². The number of esters is 1. The molecule has 0 bridgehead atoms. The normalized spacial score (nSPS) is 20.3. The fourth-order valence-corrected chi connectivity index (χ4v) is 5.68. The highest BCUT2D eigenvalue weighted by Gasteiger charge is 2.39. The first-order chi connectivity index (χ1) is 20.5. The summed E-state index contributed by atoms with van der Waals surface area (Å²) in [6.45, 7) is 13.1. The van der Waals surface area contributed by atoms with Crippen LogP contribution in [0.1, 0.15) is 113 Å². The third-order valence-corrected chi connectivity index (χ3v) is 8.30. The van der Waals surface area contributed by atoms with Gasteiger partial charge in [0.1, 0.15) is 18.1 Å². The number of nitrogens with zero attached hydrogens (tertiary/aromatic N) is 1. The number of hydrogen-bond acceptors (Lipinski definition) is 7. The number of rotatable bonds is 13. The van der Waals surface area contributed by atoms with Crippen LogP contribution >= 0.6 is 0 Å². The summed E-state index contributed by atoms with van der Waals surface area (Å²) >= 11 is 0. The first-order valence-electron chi connectivity index (χ1n) is 16.2. The highest BCUT2D eigenvalue weighted by atomic mass is 16.5. The molecule has 1 saturated carbocycles. The van der Waals surface area contributed by atoms with Crippen LogP contribution in [0.25, 0.3) is 0 Å². The smallest absolute Gasteiger partial charge is 0.329 e. The lowest BCUT2D eigenvalue weighted by Crippen LogP contribution is -2.60. The Bertz CT molecular complexity index is 1030. The van der Waals surface area contributed by atoms with Gasteiger partial charge in [0.15, 0.2) is 0 Å². The van der Waals surface area contributed by atoms with Crippen LogP contribution in [-0.4, -0.2) is 77.2 Å². The molecule has 0 spiro atoms. The van der Waals surface area contributed by atoms with Gasteiger partial charge in [0.2, 0.25) is 17.6 Å². The van der Waals surface area contributed by atoms with Crippen molar-refractivity contribution in [3.8, 4) is 0 Å². The number of amides is 5. The van der Waals surface area contributed by atoms with E-state index < -0.39 is 65.1 Å². The van der Waals surface area contributed by atoms with Crippen molar-refractivity contribution in [2.45, 2.75) is 143 Å². The molecule has 4 atom stereocenters. The van der Waals surface area contributed by atoms with E-state index in [4.69, 9.17) is 10.5 Å². The highest BCUT2D eigenvalue weighted by molar-refractivity contribution is 6.37. The number of hydrogen-bond donors (Lipinski definition) is 4. The van der Waals surface area contributed by atoms with E-state index in [1.807, 2.05) is 34.6 Å². The van der Waals surface area contributed by atoms with Crippen LogP contribution < -0.4 is 21.7 Å². The Morgan fingerprint density at radius 1 is 0.932 bits per heavy atom. The molecule has 1 aliphatic heterocycles. The molecule has 5 N–H and O–H groups in total. The summed E-state index contributed by atoms with van der Waals surface area (Å²) in [6, 6.07) is -4.54. The summed E-state index contributed by atoms with van der Waals surface area (Å²) < 4.78 is 5.36. The zero-order valence-electron chi connectivity index (χ0n) is 27.7. The number of carbonyl (C=O) groups is 6. The number of nitrogens with two attached hydrogens (primary N) is 1. The topological polar surface area (TPSA) is 177 Å². The van der Waals surface area contributed by atoms with Gasteiger partial charge in [0, 0.05) is 6.54 Å². The number of primary amides is 1. The zero-order valence-corrected chi connectivity index (χ0v) is 27.7. The molecule has 12 heteroatoms. The largest absolute Gasteiger partial charge is 0.461 e. The van der Waals surface area contributed by atoms with Gasteiger partial charge in [-0.2, -0.15) is 0 Å². The van der Waals surface area contributed by atoms with E-state index in [2.05, 4.69) is 16.0 Å². The van der Waals surface area contributed by atoms with Crippen LogP contribution in [0.3, 0.4) is 0 Å². The fraction of sp³-hybridized carbons (Fsp3) is 0.812. The summed E-state index contributed by atoms with van der Waals surface area (Å²) in [5.74, 6) is -3.19. The van der Waals surface area contributed by atoms with Crippen molar-refractivity contribution in [3.63, 3.8) is 0 Å². The third-order valence-electron chi connectivity index (χ3n) is 8.30. The van der Waals surface area contributed by atoms with E-state index in [1.54, 1.807) is 13.8 Å². The minimum absolute atomic E-state index is 0.0253. The van der Waals surface area contributed by atoms with Gasteiger partial charge in [-0.3, -0.25) is 19.2 Å². The van der Waals surface area contributed by atoms with E-state index in [1.165, 1.54) is 4.90 Å². The lowest BCUT2D eigenvalue weighted by Gasteiger charge is -2.36. The number of ketones is 1. The Kier molecular flexibility index (Phi) is 14.1. The van der Waals surface area contributed by atoms with Crippen molar-refractivity contribution in [2.75, 3.05) is 6.54 Å². The average Bonchev–Trinajstić information content (AvgIpc) is 2.96. The fourth-order valence-electron chi connectivity index (χ4n) is 5.68.